The highest BCUT2D eigenvalue weighted by Gasteiger charge is 2.28. The van der Waals surface area contributed by atoms with Crippen LogP contribution in [0.3, 0.4) is 0 Å². The van der Waals surface area contributed by atoms with E-state index in [1.165, 1.54) is 167 Å². The van der Waals surface area contributed by atoms with Crippen molar-refractivity contribution in [3.05, 3.63) is 48.6 Å². The van der Waals surface area contributed by atoms with Crippen molar-refractivity contribution in [3.8, 4) is 0 Å². The maximum Gasteiger partial charge on any atom is 0.0973 e. The highest BCUT2D eigenvalue weighted by Crippen LogP contribution is 2.15. The third-order valence-corrected chi connectivity index (χ3v) is 9.46. The molecule has 3 heteroatoms. The van der Waals surface area contributed by atoms with Crippen LogP contribution in [-0.2, 0) is 9.47 Å². The smallest absolute Gasteiger partial charge is 0.0973 e. The zero-order chi connectivity index (χ0) is 33.6. The summed E-state index contributed by atoms with van der Waals surface area (Å²) in [6, 6.07) is 0. The maximum atomic E-state index is 6.23. The molecule has 1 rings (SSSR count). The van der Waals surface area contributed by atoms with Gasteiger partial charge in [0.2, 0.25) is 0 Å². The second-order valence-corrected chi connectivity index (χ2v) is 14.1. The Hall–Kier alpha value is -1.16. The van der Waals surface area contributed by atoms with Crippen molar-refractivity contribution in [2.75, 3.05) is 26.3 Å². The molecule has 0 radical (unpaired) electrons. The molecule has 1 fully saturated rings. The molecule has 1 N–H and O–H groups in total. The molecule has 0 spiro atoms. The van der Waals surface area contributed by atoms with Crippen LogP contribution < -0.4 is 5.32 Å². The third kappa shape index (κ3) is 31.8. The minimum Gasteiger partial charge on any atom is -0.374 e. The third-order valence-electron chi connectivity index (χ3n) is 9.46. The van der Waals surface area contributed by atoms with E-state index in [9.17, 15) is 0 Å². The fourth-order valence-electron chi connectivity index (χ4n) is 6.32. The van der Waals surface area contributed by atoms with E-state index < -0.39 is 0 Å². The molecule has 0 aromatic heterocycles. The summed E-state index contributed by atoms with van der Waals surface area (Å²) >= 11 is 0. The molecule has 1 unspecified atom stereocenters. The molecular formula is C44H81NO2. The number of hydrogen-bond acceptors (Lipinski definition) is 3. The van der Waals surface area contributed by atoms with Crippen molar-refractivity contribution in [2.24, 2.45) is 0 Å². The Kier molecular flexibility index (Phi) is 35.1. The fraction of sp³-hybridized carbons (Fsp3) is 0.818. The molecule has 274 valence electrons. The summed E-state index contributed by atoms with van der Waals surface area (Å²) in [4.78, 5) is 0. The average Bonchev–Trinajstić information content (AvgIpc) is 3.53. The van der Waals surface area contributed by atoms with Crippen LogP contribution in [0.5, 0.6) is 0 Å². The van der Waals surface area contributed by atoms with Crippen LogP contribution in [0.4, 0.5) is 0 Å². The first kappa shape index (κ1) is 43.9. The van der Waals surface area contributed by atoms with Crippen LogP contribution in [0.2, 0.25) is 0 Å². The second kappa shape index (κ2) is 37.7. The van der Waals surface area contributed by atoms with Crippen LogP contribution >= 0.6 is 0 Å². The predicted molar refractivity (Wildman–Crippen MR) is 210 cm³/mol. The molecule has 0 aromatic rings. The van der Waals surface area contributed by atoms with Gasteiger partial charge in [-0.1, -0.05) is 165 Å². The Balaban J connectivity index is 1.82. The molecule has 47 heavy (non-hydrogen) atoms. The van der Waals surface area contributed by atoms with E-state index in [-0.39, 0.29) is 12.2 Å². The van der Waals surface area contributed by atoms with Crippen molar-refractivity contribution < 1.29 is 9.47 Å². The number of unbranched alkanes of at least 4 members (excludes halogenated alkanes) is 22. The van der Waals surface area contributed by atoms with Crippen LogP contribution in [-0.4, -0.2) is 38.5 Å². The summed E-state index contributed by atoms with van der Waals surface area (Å²) in [6.07, 6.45) is 56.0. The summed E-state index contributed by atoms with van der Waals surface area (Å²) in [7, 11) is 0. The first-order chi connectivity index (χ1) is 23.4. The maximum absolute atomic E-state index is 6.23. The van der Waals surface area contributed by atoms with E-state index in [0.29, 0.717) is 0 Å². The molecule has 0 aromatic carbocycles. The summed E-state index contributed by atoms with van der Waals surface area (Å²) in [5, 5.41) is 3.48. The van der Waals surface area contributed by atoms with E-state index in [0.717, 1.165) is 39.1 Å². The topological polar surface area (TPSA) is 30.5 Å². The highest BCUT2D eigenvalue weighted by molar-refractivity contribution is 4.93. The van der Waals surface area contributed by atoms with E-state index in [1.54, 1.807) is 0 Å². The van der Waals surface area contributed by atoms with E-state index >= 15 is 0 Å². The van der Waals surface area contributed by atoms with Gasteiger partial charge >= 0.3 is 0 Å². The van der Waals surface area contributed by atoms with Crippen molar-refractivity contribution in [3.63, 3.8) is 0 Å². The zero-order valence-electron chi connectivity index (χ0n) is 31.7. The molecule has 0 aliphatic carbocycles. The van der Waals surface area contributed by atoms with Gasteiger partial charge in [-0.15, -0.1) is 0 Å². The van der Waals surface area contributed by atoms with E-state index in [1.807, 2.05) is 0 Å². The number of hydrogen-bond donors (Lipinski definition) is 1. The fourth-order valence-corrected chi connectivity index (χ4v) is 6.32. The van der Waals surface area contributed by atoms with Crippen molar-refractivity contribution in [2.45, 2.75) is 206 Å². The van der Waals surface area contributed by atoms with E-state index in [2.05, 4.69) is 67.8 Å². The van der Waals surface area contributed by atoms with Gasteiger partial charge in [-0.25, -0.2) is 0 Å². The summed E-state index contributed by atoms with van der Waals surface area (Å²) in [5.74, 6) is 0. The molecule has 0 bridgehead atoms. The summed E-state index contributed by atoms with van der Waals surface area (Å²) < 4.78 is 12.5. The SMILES string of the molecule is CCCCC/C=C\C/C=C\CCCCCCCCCCOC1CNC[C@H]1OCCCCCCCCCC/C=C\C/C=C\CCCCC. The van der Waals surface area contributed by atoms with Gasteiger partial charge in [-0.3, -0.25) is 0 Å². The Morgan fingerprint density at radius 1 is 0.383 bits per heavy atom. The molecule has 1 aliphatic rings. The predicted octanol–water partition coefficient (Wildman–Crippen LogP) is 13.5. The molecule has 0 saturated carbocycles. The van der Waals surface area contributed by atoms with Gasteiger partial charge in [0.25, 0.3) is 0 Å². The van der Waals surface area contributed by atoms with Crippen molar-refractivity contribution in [1.82, 2.24) is 5.32 Å². The largest absolute Gasteiger partial charge is 0.374 e. The van der Waals surface area contributed by atoms with Gasteiger partial charge in [0.1, 0.15) is 0 Å². The lowest BCUT2D eigenvalue weighted by Gasteiger charge is -2.20. The molecule has 3 nitrogen and oxygen atoms in total. The lowest BCUT2D eigenvalue weighted by atomic mass is 10.1. The minimum absolute atomic E-state index is 0.243. The summed E-state index contributed by atoms with van der Waals surface area (Å²) in [6.45, 7) is 8.20. The normalized spacial score (nSPS) is 17.1. The highest BCUT2D eigenvalue weighted by atomic mass is 16.5. The molecule has 1 aliphatic heterocycles. The minimum atomic E-state index is 0.243. The zero-order valence-corrected chi connectivity index (χ0v) is 31.7. The first-order valence-electron chi connectivity index (χ1n) is 20.9. The monoisotopic (exact) mass is 656 g/mol. The number of nitrogens with one attached hydrogen (secondary N) is 1. The van der Waals surface area contributed by atoms with Gasteiger partial charge < -0.3 is 14.8 Å². The van der Waals surface area contributed by atoms with Crippen molar-refractivity contribution >= 4 is 0 Å². The molecule has 0 amide bonds. The summed E-state index contributed by atoms with van der Waals surface area (Å²) in [5.41, 5.74) is 0. The van der Waals surface area contributed by atoms with Crippen LogP contribution in [0.25, 0.3) is 0 Å². The van der Waals surface area contributed by atoms with Gasteiger partial charge in [-0.2, -0.15) is 0 Å². The van der Waals surface area contributed by atoms with Crippen LogP contribution in [0, 0.1) is 0 Å². The van der Waals surface area contributed by atoms with E-state index in [4.69, 9.17) is 9.47 Å². The average molecular weight is 656 g/mol. The van der Waals surface area contributed by atoms with Gasteiger partial charge in [0, 0.05) is 26.3 Å². The Labute approximate surface area is 294 Å². The Morgan fingerprint density at radius 2 is 0.681 bits per heavy atom. The second-order valence-electron chi connectivity index (χ2n) is 14.1. The lowest BCUT2D eigenvalue weighted by Crippen LogP contribution is -2.30. The Morgan fingerprint density at radius 3 is 1.02 bits per heavy atom. The van der Waals surface area contributed by atoms with Gasteiger partial charge in [0.05, 0.1) is 12.2 Å². The lowest BCUT2D eigenvalue weighted by molar-refractivity contribution is -0.0481. The first-order valence-corrected chi connectivity index (χ1v) is 20.9. The molecular weight excluding hydrogens is 574 g/mol. The van der Waals surface area contributed by atoms with Gasteiger partial charge in [-0.05, 0) is 77.0 Å². The molecule has 2 atom stereocenters. The number of allylic oxidation sites excluding steroid dienone is 8. The number of ether oxygens (including phenoxy) is 2. The molecule has 1 heterocycles. The number of rotatable bonds is 36. The standard InChI is InChI=1S/C44H81NO2/c1-3-5-7-9-11-13-15-17-19-21-23-25-27-29-31-33-35-37-39-46-43-41-45-42-44(43)47-40-38-36-34-32-30-28-26-24-22-20-18-16-14-12-10-8-6-4-2/h11-14,17-20,43-45H,3-10,15-16,21-42H2,1-2H3/b13-11-,14-12-,19-17-,20-18-/t43-,44?/m1/s1. The van der Waals surface area contributed by atoms with Crippen molar-refractivity contribution in [1.29, 1.82) is 0 Å². The van der Waals surface area contributed by atoms with Crippen LogP contribution in [0.15, 0.2) is 48.6 Å². The van der Waals surface area contributed by atoms with Crippen LogP contribution in [0.1, 0.15) is 194 Å². The van der Waals surface area contributed by atoms with Gasteiger partial charge in [0.15, 0.2) is 0 Å². The molecule has 1 saturated heterocycles. The Bertz CT molecular complexity index is 666. The quantitative estimate of drug-likeness (QED) is 0.0538.